The molecular formula is C12H21N3. The summed E-state index contributed by atoms with van der Waals surface area (Å²) >= 11 is 0. The molecule has 1 N–H and O–H groups in total. The average Bonchev–Trinajstić information content (AvgIpc) is 2.57. The van der Waals surface area contributed by atoms with E-state index in [1.165, 1.54) is 11.5 Å². The molecule has 84 valence electrons. The molecule has 0 radical (unpaired) electrons. The monoisotopic (exact) mass is 207 g/mol. The van der Waals surface area contributed by atoms with Crippen molar-refractivity contribution in [2.24, 2.45) is 11.3 Å². The first-order chi connectivity index (χ1) is 7.00. The highest BCUT2D eigenvalue weighted by molar-refractivity contribution is 5.38. The largest absolute Gasteiger partial charge is 0.370 e. The van der Waals surface area contributed by atoms with Crippen LogP contribution in [-0.4, -0.2) is 16.3 Å². The fourth-order valence-electron chi connectivity index (χ4n) is 2.01. The fourth-order valence-corrected chi connectivity index (χ4v) is 2.01. The first-order valence-corrected chi connectivity index (χ1v) is 5.81. The van der Waals surface area contributed by atoms with E-state index in [0.717, 1.165) is 19.5 Å². The summed E-state index contributed by atoms with van der Waals surface area (Å²) in [6.07, 6.45) is 1.02. The summed E-state index contributed by atoms with van der Waals surface area (Å²) in [5, 5.41) is 8.06. The van der Waals surface area contributed by atoms with Crippen molar-refractivity contribution >= 4 is 5.82 Å². The lowest BCUT2D eigenvalue weighted by molar-refractivity contribution is 0.209. The van der Waals surface area contributed by atoms with Crippen molar-refractivity contribution in [3.63, 3.8) is 0 Å². The molecule has 0 amide bonds. The van der Waals surface area contributed by atoms with Crippen molar-refractivity contribution < 1.29 is 0 Å². The first kappa shape index (κ1) is 10.5. The van der Waals surface area contributed by atoms with E-state index in [2.05, 4.69) is 48.9 Å². The van der Waals surface area contributed by atoms with Gasteiger partial charge in [0.2, 0.25) is 0 Å². The average molecular weight is 207 g/mol. The molecule has 1 atom stereocenters. The number of hydrogen-bond donors (Lipinski definition) is 1. The van der Waals surface area contributed by atoms with Crippen LogP contribution in [-0.2, 0) is 13.0 Å². The van der Waals surface area contributed by atoms with Gasteiger partial charge in [-0.3, -0.25) is 0 Å². The van der Waals surface area contributed by atoms with Crippen LogP contribution in [0, 0.1) is 11.3 Å². The minimum absolute atomic E-state index is 0.350. The van der Waals surface area contributed by atoms with Gasteiger partial charge < -0.3 is 5.32 Å². The van der Waals surface area contributed by atoms with Gasteiger partial charge in [-0.25, -0.2) is 4.68 Å². The molecule has 3 heteroatoms. The fraction of sp³-hybridized carbons (Fsp3) is 0.750. The normalized spacial score (nSPS) is 20.9. The highest BCUT2D eigenvalue weighted by atomic mass is 15.3. The van der Waals surface area contributed by atoms with Crippen LogP contribution >= 0.6 is 0 Å². The number of nitrogens with one attached hydrogen (secondary N) is 1. The maximum Gasteiger partial charge on any atom is 0.124 e. The van der Waals surface area contributed by atoms with Gasteiger partial charge in [0.05, 0.1) is 5.69 Å². The molecule has 0 saturated carbocycles. The molecule has 15 heavy (non-hydrogen) atoms. The predicted octanol–water partition coefficient (Wildman–Crippen LogP) is 2.53. The van der Waals surface area contributed by atoms with Gasteiger partial charge in [0.1, 0.15) is 5.82 Å². The van der Waals surface area contributed by atoms with Crippen LogP contribution in [0.25, 0.3) is 0 Å². The van der Waals surface area contributed by atoms with E-state index in [1.807, 2.05) is 0 Å². The van der Waals surface area contributed by atoms with Gasteiger partial charge in [-0.2, -0.15) is 5.10 Å². The Morgan fingerprint density at radius 3 is 2.87 bits per heavy atom. The van der Waals surface area contributed by atoms with E-state index >= 15 is 0 Å². The van der Waals surface area contributed by atoms with Gasteiger partial charge in [-0.1, -0.05) is 27.7 Å². The van der Waals surface area contributed by atoms with Crippen molar-refractivity contribution in [1.29, 1.82) is 0 Å². The molecular weight excluding hydrogens is 186 g/mol. The topological polar surface area (TPSA) is 29.9 Å². The van der Waals surface area contributed by atoms with Crippen molar-refractivity contribution in [3.8, 4) is 0 Å². The predicted molar refractivity (Wildman–Crippen MR) is 63.0 cm³/mol. The summed E-state index contributed by atoms with van der Waals surface area (Å²) in [6.45, 7) is 11.2. The van der Waals surface area contributed by atoms with Crippen molar-refractivity contribution in [2.75, 3.05) is 11.9 Å². The SMILES string of the molecule is CCc1cc2n(n1)CC(C(C)(C)C)CN2. The number of nitrogens with zero attached hydrogens (tertiary/aromatic N) is 2. The Balaban J connectivity index is 2.19. The molecule has 1 aliphatic heterocycles. The van der Waals surface area contributed by atoms with Crippen LogP contribution in [0.2, 0.25) is 0 Å². The summed E-state index contributed by atoms with van der Waals surface area (Å²) in [5.41, 5.74) is 1.54. The smallest absolute Gasteiger partial charge is 0.124 e. The Morgan fingerprint density at radius 1 is 1.53 bits per heavy atom. The van der Waals surface area contributed by atoms with E-state index in [-0.39, 0.29) is 0 Å². The van der Waals surface area contributed by atoms with E-state index in [9.17, 15) is 0 Å². The maximum absolute atomic E-state index is 4.59. The minimum Gasteiger partial charge on any atom is -0.370 e. The number of aryl methyl sites for hydroxylation is 1. The summed E-state index contributed by atoms with van der Waals surface area (Å²) in [5.74, 6) is 1.85. The third-order valence-electron chi connectivity index (χ3n) is 3.34. The molecule has 2 rings (SSSR count). The second-order valence-corrected chi connectivity index (χ2v) is 5.50. The molecule has 3 nitrogen and oxygen atoms in total. The van der Waals surface area contributed by atoms with E-state index in [0.29, 0.717) is 11.3 Å². The molecule has 2 heterocycles. The van der Waals surface area contributed by atoms with Crippen molar-refractivity contribution in [3.05, 3.63) is 11.8 Å². The Hall–Kier alpha value is -0.990. The lowest BCUT2D eigenvalue weighted by Gasteiger charge is -2.34. The molecule has 0 spiro atoms. The van der Waals surface area contributed by atoms with E-state index in [1.54, 1.807) is 0 Å². The second kappa shape index (κ2) is 3.54. The molecule has 1 unspecified atom stereocenters. The zero-order chi connectivity index (χ0) is 11.1. The standard InChI is InChI=1S/C12H21N3/c1-5-10-6-11-13-7-9(12(2,3)4)8-15(11)14-10/h6,9,13H,5,7-8H2,1-4H3. The van der Waals surface area contributed by atoms with Gasteiger partial charge in [0.25, 0.3) is 0 Å². The molecule has 0 aliphatic carbocycles. The molecule has 0 aromatic carbocycles. The molecule has 1 aliphatic rings. The van der Waals surface area contributed by atoms with Crippen LogP contribution < -0.4 is 5.32 Å². The minimum atomic E-state index is 0.350. The lowest BCUT2D eigenvalue weighted by Crippen LogP contribution is -2.36. The number of rotatable bonds is 1. The molecule has 0 bridgehead atoms. The Kier molecular flexibility index (Phi) is 2.49. The van der Waals surface area contributed by atoms with Gasteiger partial charge in [0.15, 0.2) is 0 Å². The van der Waals surface area contributed by atoms with Gasteiger partial charge >= 0.3 is 0 Å². The number of fused-ring (bicyclic) bond motifs is 1. The number of anilines is 1. The van der Waals surface area contributed by atoms with Crippen molar-refractivity contribution in [2.45, 2.75) is 40.7 Å². The maximum atomic E-state index is 4.59. The van der Waals surface area contributed by atoms with E-state index < -0.39 is 0 Å². The zero-order valence-electron chi connectivity index (χ0n) is 10.2. The number of aromatic nitrogens is 2. The highest BCUT2D eigenvalue weighted by Crippen LogP contribution is 2.31. The Labute approximate surface area is 91.9 Å². The highest BCUT2D eigenvalue weighted by Gasteiger charge is 2.29. The van der Waals surface area contributed by atoms with E-state index in [4.69, 9.17) is 0 Å². The summed E-state index contributed by atoms with van der Waals surface area (Å²) in [6, 6.07) is 2.17. The third-order valence-corrected chi connectivity index (χ3v) is 3.34. The third kappa shape index (κ3) is 2.01. The Morgan fingerprint density at radius 2 is 2.27 bits per heavy atom. The molecule has 1 aromatic heterocycles. The quantitative estimate of drug-likeness (QED) is 0.767. The van der Waals surface area contributed by atoms with Crippen LogP contribution in [0.4, 0.5) is 5.82 Å². The van der Waals surface area contributed by atoms with Gasteiger partial charge in [-0.05, 0) is 11.8 Å². The van der Waals surface area contributed by atoms with Gasteiger partial charge in [-0.15, -0.1) is 0 Å². The van der Waals surface area contributed by atoms with Crippen LogP contribution in [0.15, 0.2) is 6.07 Å². The van der Waals surface area contributed by atoms with Crippen LogP contribution in [0.1, 0.15) is 33.4 Å². The summed E-state index contributed by atoms with van der Waals surface area (Å²) in [7, 11) is 0. The molecule has 0 fully saturated rings. The van der Waals surface area contributed by atoms with Crippen LogP contribution in [0.5, 0.6) is 0 Å². The van der Waals surface area contributed by atoms with Gasteiger partial charge in [0, 0.05) is 25.1 Å². The second-order valence-electron chi connectivity index (χ2n) is 5.50. The zero-order valence-corrected chi connectivity index (χ0v) is 10.2. The van der Waals surface area contributed by atoms with Crippen molar-refractivity contribution in [1.82, 2.24) is 9.78 Å². The lowest BCUT2D eigenvalue weighted by atomic mass is 9.80. The summed E-state index contributed by atoms with van der Waals surface area (Å²) in [4.78, 5) is 0. The molecule has 0 saturated heterocycles. The summed E-state index contributed by atoms with van der Waals surface area (Å²) < 4.78 is 2.12. The first-order valence-electron chi connectivity index (χ1n) is 5.81. The number of hydrogen-bond acceptors (Lipinski definition) is 2. The Bertz CT molecular complexity index is 346. The molecule has 1 aromatic rings. The van der Waals surface area contributed by atoms with Crippen LogP contribution in [0.3, 0.4) is 0 Å².